The summed E-state index contributed by atoms with van der Waals surface area (Å²) in [4.78, 5) is 17.3. The largest absolute Gasteiger partial charge is 0.449 e. The molecule has 0 aromatic carbocycles. The van der Waals surface area contributed by atoms with Gasteiger partial charge in [0.15, 0.2) is 0 Å². The Morgan fingerprint density at radius 1 is 1.11 bits per heavy atom. The van der Waals surface area contributed by atoms with Gasteiger partial charge in [-0.1, -0.05) is 6.92 Å². The van der Waals surface area contributed by atoms with E-state index in [1.807, 2.05) is 6.92 Å². The zero-order valence-corrected chi connectivity index (χ0v) is 17.4. The van der Waals surface area contributed by atoms with E-state index in [0.29, 0.717) is 24.0 Å². The molecule has 4 heteroatoms. The molecular weight excluding hydrogens is 350 g/mol. The van der Waals surface area contributed by atoms with E-state index in [1.165, 1.54) is 38.5 Å². The Morgan fingerprint density at radius 3 is 2.71 bits per heavy atom. The summed E-state index contributed by atoms with van der Waals surface area (Å²) in [5.41, 5.74) is -0.278. The third-order valence-corrected chi connectivity index (χ3v) is 9.43. The highest BCUT2D eigenvalue weighted by Crippen LogP contribution is 2.64. The molecule has 1 aromatic rings. The van der Waals surface area contributed by atoms with E-state index >= 15 is 0 Å². The summed E-state index contributed by atoms with van der Waals surface area (Å²) in [7, 11) is 0. The van der Waals surface area contributed by atoms with Gasteiger partial charge in [-0.15, -0.1) is 0 Å². The highest BCUT2D eigenvalue weighted by molar-refractivity contribution is 5.83. The van der Waals surface area contributed by atoms with Gasteiger partial charge in [0.05, 0.1) is 18.2 Å². The van der Waals surface area contributed by atoms with Gasteiger partial charge in [0, 0.05) is 5.92 Å². The van der Waals surface area contributed by atoms with Gasteiger partial charge >= 0.3 is 0 Å². The van der Waals surface area contributed by atoms with Crippen LogP contribution >= 0.6 is 0 Å². The van der Waals surface area contributed by atoms with Crippen LogP contribution in [-0.4, -0.2) is 21.5 Å². The highest BCUT2D eigenvalue weighted by atomic mass is 16.3. The van der Waals surface area contributed by atoms with Crippen molar-refractivity contribution in [2.45, 2.75) is 83.7 Å². The molecule has 154 valence electrons. The summed E-state index contributed by atoms with van der Waals surface area (Å²) in [5, 5.41) is 10.6. The van der Waals surface area contributed by atoms with Crippen LogP contribution in [0.5, 0.6) is 0 Å². The van der Waals surface area contributed by atoms with Crippen molar-refractivity contribution in [1.82, 2.24) is 4.98 Å². The number of carbonyl (C=O) groups is 1. The lowest BCUT2D eigenvalue weighted by Gasteiger charge is -2.56. The van der Waals surface area contributed by atoms with E-state index in [9.17, 15) is 9.90 Å². The second-order valence-electron chi connectivity index (χ2n) is 10.9. The number of hydrogen-bond donors (Lipinski definition) is 1. The van der Waals surface area contributed by atoms with E-state index in [4.69, 9.17) is 4.42 Å². The second-order valence-corrected chi connectivity index (χ2v) is 10.9. The van der Waals surface area contributed by atoms with Gasteiger partial charge in [0.2, 0.25) is 5.89 Å². The van der Waals surface area contributed by atoms with Crippen LogP contribution in [0, 0.1) is 40.9 Å². The maximum absolute atomic E-state index is 13.1. The average Bonchev–Trinajstić information content (AvgIpc) is 3.27. The molecule has 4 fully saturated rings. The quantitative estimate of drug-likeness (QED) is 0.811. The number of Topliss-reactive ketones (excluding diaryl/α,β-unsaturated/α-hetero) is 1. The fraction of sp³-hybridized carbons (Fsp3) is 0.833. The normalized spacial score (nSPS) is 47.8. The molecule has 1 aromatic heterocycles. The van der Waals surface area contributed by atoms with Gasteiger partial charge < -0.3 is 9.52 Å². The molecule has 4 saturated carbocycles. The SMILES string of the molecule is CC1(O)CCC2C(CCC3C2CCC2(C)C(C(=O)Cc4ncco4)CCC32)C1. The summed E-state index contributed by atoms with van der Waals surface area (Å²) < 4.78 is 5.34. The molecule has 4 aliphatic rings. The number of aromatic nitrogens is 1. The Balaban J connectivity index is 1.32. The van der Waals surface area contributed by atoms with Crippen LogP contribution < -0.4 is 0 Å². The lowest BCUT2D eigenvalue weighted by Crippen LogP contribution is -2.51. The molecule has 0 aliphatic heterocycles. The minimum Gasteiger partial charge on any atom is -0.449 e. The van der Waals surface area contributed by atoms with E-state index < -0.39 is 5.60 Å². The summed E-state index contributed by atoms with van der Waals surface area (Å²) in [6.45, 7) is 4.45. The van der Waals surface area contributed by atoms with Crippen LogP contribution in [0.1, 0.15) is 77.5 Å². The Bertz CT molecular complexity index is 726. The predicted molar refractivity (Wildman–Crippen MR) is 106 cm³/mol. The fourth-order valence-corrected chi connectivity index (χ4v) is 8.22. The smallest absolute Gasteiger partial charge is 0.201 e. The van der Waals surface area contributed by atoms with Crippen molar-refractivity contribution in [2.75, 3.05) is 0 Å². The molecule has 5 rings (SSSR count). The van der Waals surface area contributed by atoms with Crippen molar-refractivity contribution in [3.63, 3.8) is 0 Å². The Hall–Kier alpha value is -1.16. The minimum absolute atomic E-state index is 0.165. The zero-order valence-electron chi connectivity index (χ0n) is 17.4. The molecule has 8 unspecified atom stereocenters. The number of carbonyl (C=O) groups excluding carboxylic acids is 1. The van der Waals surface area contributed by atoms with E-state index in [2.05, 4.69) is 11.9 Å². The molecular formula is C24H35NO3. The van der Waals surface area contributed by atoms with E-state index in [-0.39, 0.29) is 11.3 Å². The van der Waals surface area contributed by atoms with E-state index in [0.717, 1.165) is 42.9 Å². The topological polar surface area (TPSA) is 63.3 Å². The number of nitrogens with zero attached hydrogens (tertiary/aromatic N) is 1. The van der Waals surface area contributed by atoms with Crippen LogP contribution in [0.2, 0.25) is 0 Å². The third-order valence-electron chi connectivity index (χ3n) is 9.43. The molecule has 0 spiro atoms. The summed E-state index contributed by atoms with van der Waals surface area (Å²) in [6.07, 6.45) is 14.1. The monoisotopic (exact) mass is 385 g/mol. The van der Waals surface area contributed by atoms with Crippen LogP contribution in [0.3, 0.4) is 0 Å². The average molecular weight is 386 g/mol. The fourth-order valence-electron chi connectivity index (χ4n) is 8.22. The Morgan fingerprint density at radius 2 is 1.93 bits per heavy atom. The van der Waals surface area contributed by atoms with Crippen molar-refractivity contribution in [3.8, 4) is 0 Å². The van der Waals surface area contributed by atoms with Gasteiger partial charge in [-0.05, 0) is 99.7 Å². The number of ketones is 1. The van der Waals surface area contributed by atoms with Gasteiger partial charge in [-0.3, -0.25) is 4.79 Å². The second kappa shape index (κ2) is 6.68. The number of fused-ring (bicyclic) bond motifs is 5. The number of hydrogen-bond acceptors (Lipinski definition) is 4. The van der Waals surface area contributed by atoms with Crippen LogP contribution in [0.25, 0.3) is 0 Å². The van der Waals surface area contributed by atoms with Gasteiger partial charge in [-0.2, -0.15) is 0 Å². The molecule has 4 nitrogen and oxygen atoms in total. The summed E-state index contributed by atoms with van der Waals surface area (Å²) in [6, 6.07) is 0. The standard InChI is InChI=1S/C24H35NO3/c1-23(27)9-7-16-15(14-23)3-4-18-17(16)8-10-24(2)19(18)5-6-20(24)21(26)13-22-25-11-12-28-22/h11-12,15-20,27H,3-10,13-14H2,1-2H3. The van der Waals surface area contributed by atoms with Crippen molar-refractivity contribution in [2.24, 2.45) is 40.9 Å². The summed E-state index contributed by atoms with van der Waals surface area (Å²) >= 11 is 0. The minimum atomic E-state index is -0.443. The molecule has 8 atom stereocenters. The van der Waals surface area contributed by atoms with Crippen LogP contribution in [-0.2, 0) is 11.2 Å². The number of oxazole rings is 1. The van der Waals surface area contributed by atoms with Crippen molar-refractivity contribution in [1.29, 1.82) is 0 Å². The first kappa shape index (κ1) is 18.8. The summed E-state index contributed by atoms with van der Waals surface area (Å²) in [5.74, 6) is 4.94. The van der Waals surface area contributed by atoms with Gasteiger partial charge in [-0.25, -0.2) is 4.98 Å². The van der Waals surface area contributed by atoms with Crippen LogP contribution in [0.15, 0.2) is 16.9 Å². The molecule has 0 radical (unpaired) electrons. The first-order chi connectivity index (χ1) is 13.4. The number of aliphatic hydroxyl groups is 1. The molecule has 28 heavy (non-hydrogen) atoms. The zero-order chi connectivity index (χ0) is 19.5. The lowest BCUT2D eigenvalue weighted by atomic mass is 9.49. The predicted octanol–water partition coefficient (Wildman–Crippen LogP) is 4.81. The molecule has 4 aliphatic carbocycles. The maximum Gasteiger partial charge on any atom is 0.201 e. The van der Waals surface area contributed by atoms with Gasteiger partial charge in [0.1, 0.15) is 12.0 Å². The third kappa shape index (κ3) is 2.98. The van der Waals surface area contributed by atoms with Crippen molar-refractivity contribution in [3.05, 3.63) is 18.4 Å². The molecule has 0 bridgehead atoms. The highest BCUT2D eigenvalue weighted by Gasteiger charge is 2.58. The Labute approximate surface area is 168 Å². The molecule has 1 heterocycles. The van der Waals surface area contributed by atoms with Crippen molar-refractivity contribution < 1.29 is 14.3 Å². The first-order valence-electron chi connectivity index (χ1n) is 11.5. The molecule has 1 N–H and O–H groups in total. The van der Waals surface area contributed by atoms with Crippen molar-refractivity contribution >= 4 is 5.78 Å². The van der Waals surface area contributed by atoms with E-state index in [1.54, 1.807) is 12.5 Å². The molecule has 0 saturated heterocycles. The van der Waals surface area contributed by atoms with Crippen LogP contribution in [0.4, 0.5) is 0 Å². The molecule has 0 amide bonds. The Kier molecular flexibility index (Phi) is 4.50. The first-order valence-corrected chi connectivity index (χ1v) is 11.5. The lowest BCUT2D eigenvalue weighted by molar-refractivity contribution is -0.132. The number of rotatable bonds is 3. The van der Waals surface area contributed by atoms with Gasteiger partial charge in [0.25, 0.3) is 0 Å². The maximum atomic E-state index is 13.1.